The molecule has 1 atom stereocenters. The summed E-state index contributed by atoms with van der Waals surface area (Å²) in [7, 11) is 0. The molecule has 1 aliphatic carbocycles. The van der Waals surface area contributed by atoms with E-state index in [0.29, 0.717) is 31.2 Å². The standard InChI is InChI=1S/C20H29F2N5O.HI/c1-2-23-20(25-9-8-24-19(28)15-3-4-15)26-12-14-7-10-27(13-14)16-5-6-17(21)18(22)11-16;/h5-6,11,14-15H,2-4,7-10,12-13H2,1H3,(H,24,28)(H2,23,25,26);1H. The normalized spacial score (nSPS) is 18.9. The number of aliphatic imine (C=N–C) groups is 1. The Kier molecular flexibility index (Phi) is 9.38. The molecule has 1 saturated heterocycles. The third-order valence-corrected chi connectivity index (χ3v) is 5.07. The number of anilines is 1. The van der Waals surface area contributed by atoms with E-state index in [1.54, 1.807) is 6.07 Å². The van der Waals surface area contributed by atoms with Crippen LogP contribution in [0.4, 0.5) is 14.5 Å². The second-order valence-corrected chi connectivity index (χ2v) is 7.41. The van der Waals surface area contributed by atoms with Crippen LogP contribution in [0.3, 0.4) is 0 Å². The van der Waals surface area contributed by atoms with Gasteiger partial charge in [0.1, 0.15) is 0 Å². The second-order valence-electron chi connectivity index (χ2n) is 7.41. The van der Waals surface area contributed by atoms with E-state index in [1.807, 2.05) is 6.92 Å². The summed E-state index contributed by atoms with van der Waals surface area (Å²) < 4.78 is 26.6. The number of amides is 1. The molecule has 2 aliphatic rings. The molecule has 1 aromatic carbocycles. The Balaban J connectivity index is 0.00000300. The zero-order chi connectivity index (χ0) is 19.9. The van der Waals surface area contributed by atoms with Crippen LogP contribution in [0.1, 0.15) is 26.2 Å². The van der Waals surface area contributed by atoms with E-state index >= 15 is 0 Å². The second kappa shape index (κ2) is 11.5. The van der Waals surface area contributed by atoms with Crippen molar-refractivity contribution in [3.8, 4) is 0 Å². The summed E-state index contributed by atoms with van der Waals surface area (Å²) in [6.07, 6.45) is 2.97. The zero-order valence-electron chi connectivity index (χ0n) is 16.7. The minimum Gasteiger partial charge on any atom is -0.371 e. The molecule has 1 unspecified atom stereocenters. The van der Waals surface area contributed by atoms with Crippen molar-refractivity contribution in [2.24, 2.45) is 16.8 Å². The van der Waals surface area contributed by atoms with Crippen LogP contribution in [0.15, 0.2) is 23.2 Å². The first-order valence-electron chi connectivity index (χ1n) is 10.1. The Morgan fingerprint density at radius 2 is 1.90 bits per heavy atom. The number of carbonyl (C=O) groups is 1. The van der Waals surface area contributed by atoms with Crippen molar-refractivity contribution in [1.29, 1.82) is 0 Å². The van der Waals surface area contributed by atoms with Gasteiger partial charge in [0.15, 0.2) is 17.6 Å². The average molecular weight is 521 g/mol. The molecule has 1 heterocycles. The van der Waals surface area contributed by atoms with Crippen LogP contribution >= 0.6 is 24.0 Å². The molecular weight excluding hydrogens is 491 g/mol. The quantitative estimate of drug-likeness (QED) is 0.213. The maximum Gasteiger partial charge on any atom is 0.223 e. The fourth-order valence-corrected chi connectivity index (χ4v) is 3.32. The SMILES string of the molecule is CCNC(=NCC1CCN(c2ccc(F)c(F)c2)C1)NCCNC(=O)C1CC1.I. The zero-order valence-corrected chi connectivity index (χ0v) is 19.0. The maximum atomic E-state index is 13.4. The van der Waals surface area contributed by atoms with Gasteiger partial charge in [-0.1, -0.05) is 0 Å². The molecule has 29 heavy (non-hydrogen) atoms. The number of carbonyl (C=O) groups excluding carboxylic acids is 1. The first-order chi connectivity index (χ1) is 13.6. The largest absolute Gasteiger partial charge is 0.371 e. The summed E-state index contributed by atoms with van der Waals surface area (Å²) in [5.41, 5.74) is 0.710. The van der Waals surface area contributed by atoms with E-state index in [9.17, 15) is 13.6 Å². The molecule has 6 nitrogen and oxygen atoms in total. The fourth-order valence-electron chi connectivity index (χ4n) is 3.32. The van der Waals surface area contributed by atoms with Crippen molar-refractivity contribution in [2.45, 2.75) is 26.2 Å². The predicted molar refractivity (Wildman–Crippen MR) is 122 cm³/mol. The molecule has 162 valence electrons. The lowest BCUT2D eigenvalue weighted by Gasteiger charge is -2.18. The molecule has 9 heteroatoms. The summed E-state index contributed by atoms with van der Waals surface area (Å²) in [6.45, 7) is 6.19. The van der Waals surface area contributed by atoms with Gasteiger partial charge in [-0.2, -0.15) is 0 Å². The van der Waals surface area contributed by atoms with Gasteiger partial charge in [-0.25, -0.2) is 8.78 Å². The minimum atomic E-state index is -0.821. The number of rotatable bonds is 8. The summed E-state index contributed by atoms with van der Waals surface area (Å²) in [5.74, 6) is -0.174. The molecule has 1 aromatic rings. The van der Waals surface area contributed by atoms with Crippen LogP contribution in [0.25, 0.3) is 0 Å². The van der Waals surface area contributed by atoms with Crippen LogP contribution in [0.2, 0.25) is 0 Å². The van der Waals surface area contributed by atoms with Crippen LogP contribution in [-0.2, 0) is 4.79 Å². The summed E-state index contributed by atoms with van der Waals surface area (Å²) >= 11 is 0. The number of nitrogens with one attached hydrogen (secondary N) is 3. The van der Waals surface area contributed by atoms with Crippen LogP contribution in [0.5, 0.6) is 0 Å². The Labute approximate surface area is 187 Å². The number of nitrogens with zero attached hydrogens (tertiary/aromatic N) is 2. The van der Waals surface area contributed by atoms with Crippen molar-refractivity contribution in [2.75, 3.05) is 44.2 Å². The van der Waals surface area contributed by atoms with E-state index in [1.165, 1.54) is 12.1 Å². The molecular formula is C20H30F2IN5O. The van der Waals surface area contributed by atoms with E-state index < -0.39 is 11.6 Å². The Bertz CT molecular complexity index is 714. The van der Waals surface area contributed by atoms with Crippen LogP contribution in [-0.4, -0.2) is 51.1 Å². The highest BCUT2D eigenvalue weighted by molar-refractivity contribution is 14.0. The Morgan fingerprint density at radius 1 is 1.14 bits per heavy atom. The van der Waals surface area contributed by atoms with Gasteiger partial charge in [0.25, 0.3) is 0 Å². The highest BCUT2D eigenvalue weighted by atomic mass is 127. The molecule has 1 saturated carbocycles. The molecule has 0 aromatic heterocycles. The van der Waals surface area contributed by atoms with Crippen molar-refractivity contribution < 1.29 is 13.6 Å². The lowest BCUT2D eigenvalue weighted by atomic mass is 10.1. The average Bonchev–Trinajstić information content (AvgIpc) is 3.43. The fraction of sp³-hybridized carbons (Fsp3) is 0.600. The van der Waals surface area contributed by atoms with E-state index in [-0.39, 0.29) is 35.8 Å². The molecule has 0 bridgehead atoms. The highest BCUT2D eigenvalue weighted by Gasteiger charge is 2.29. The molecule has 1 aliphatic heterocycles. The molecule has 0 spiro atoms. The topological polar surface area (TPSA) is 68.8 Å². The van der Waals surface area contributed by atoms with Crippen LogP contribution in [0, 0.1) is 23.5 Å². The van der Waals surface area contributed by atoms with Gasteiger partial charge in [-0.3, -0.25) is 9.79 Å². The monoisotopic (exact) mass is 521 g/mol. The van der Waals surface area contributed by atoms with E-state index in [4.69, 9.17) is 0 Å². The molecule has 0 radical (unpaired) electrons. The van der Waals surface area contributed by atoms with Crippen LogP contribution < -0.4 is 20.9 Å². The van der Waals surface area contributed by atoms with Gasteiger partial charge in [-0.15, -0.1) is 24.0 Å². The smallest absolute Gasteiger partial charge is 0.223 e. The molecule has 1 amide bonds. The van der Waals surface area contributed by atoms with E-state index in [0.717, 1.165) is 44.9 Å². The van der Waals surface area contributed by atoms with Gasteiger partial charge < -0.3 is 20.9 Å². The Hall–Kier alpha value is -1.65. The van der Waals surface area contributed by atoms with Gasteiger partial charge in [0.2, 0.25) is 5.91 Å². The van der Waals surface area contributed by atoms with Gasteiger partial charge in [0, 0.05) is 56.9 Å². The first-order valence-corrected chi connectivity index (χ1v) is 10.1. The third kappa shape index (κ3) is 7.27. The third-order valence-electron chi connectivity index (χ3n) is 5.07. The van der Waals surface area contributed by atoms with Crippen molar-refractivity contribution in [3.05, 3.63) is 29.8 Å². The van der Waals surface area contributed by atoms with Crippen molar-refractivity contribution in [3.63, 3.8) is 0 Å². The predicted octanol–water partition coefficient (Wildman–Crippen LogP) is 2.49. The van der Waals surface area contributed by atoms with Crippen molar-refractivity contribution in [1.82, 2.24) is 16.0 Å². The lowest BCUT2D eigenvalue weighted by Crippen LogP contribution is -2.42. The highest BCUT2D eigenvalue weighted by Crippen LogP contribution is 2.28. The number of guanidine groups is 1. The number of benzene rings is 1. The molecule has 2 fully saturated rings. The van der Waals surface area contributed by atoms with Gasteiger partial charge in [0.05, 0.1) is 0 Å². The maximum absolute atomic E-state index is 13.4. The summed E-state index contributed by atoms with van der Waals surface area (Å²) in [5, 5.41) is 9.37. The summed E-state index contributed by atoms with van der Waals surface area (Å²) in [6, 6.07) is 4.04. The number of hydrogen-bond acceptors (Lipinski definition) is 3. The van der Waals surface area contributed by atoms with Gasteiger partial charge in [-0.05, 0) is 44.2 Å². The molecule has 3 rings (SSSR count). The Morgan fingerprint density at radius 3 is 2.59 bits per heavy atom. The lowest BCUT2D eigenvalue weighted by molar-refractivity contribution is -0.122. The number of hydrogen-bond donors (Lipinski definition) is 3. The van der Waals surface area contributed by atoms with Gasteiger partial charge >= 0.3 is 0 Å². The minimum absolute atomic E-state index is 0. The first kappa shape index (κ1) is 23.6. The summed E-state index contributed by atoms with van der Waals surface area (Å²) in [4.78, 5) is 18.3. The van der Waals surface area contributed by atoms with E-state index in [2.05, 4.69) is 25.8 Å². The number of halogens is 3. The molecule has 3 N–H and O–H groups in total. The van der Waals surface area contributed by atoms with Crippen molar-refractivity contribution >= 4 is 41.5 Å².